The second kappa shape index (κ2) is 6.57. The van der Waals surface area contributed by atoms with Crippen LogP contribution in [0.3, 0.4) is 0 Å². The lowest BCUT2D eigenvalue weighted by Crippen LogP contribution is -2.05. The van der Waals surface area contributed by atoms with E-state index in [4.69, 9.17) is 16.3 Å². The summed E-state index contributed by atoms with van der Waals surface area (Å²) >= 11 is 9.24. The van der Waals surface area contributed by atoms with Gasteiger partial charge in [-0.25, -0.2) is 4.39 Å². The van der Waals surface area contributed by atoms with Crippen LogP contribution in [0.1, 0.15) is 17.2 Å². The number of rotatable bonds is 4. The predicted molar refractivity (Wildman–Crippen MR) is 80.8 cm³/mol. The molecule has 0 aromatic heterocycles. The number of benzene rings is 2. The Kier molecular flexibility index (Phi) is 5.02. The average molecular weight is 360 g/mol. The van der Waals surface area contributed by atoms with Crippen LogP contribution in [0.25, 0.3) is 0 Å². The van der Waals surface area contributed by atoms with Gasteiger partial charge in [0.25, 0.3) is 0 Å². The minimum atomic E-state index is -0.975. The molecule has 2 rings (SSSR count). The molecule has 2 aromatic carbocycles. The lowest BCUT2D eigenvalue weighted by Gasteiger charge is -2.14. The minimum Gasteiger partial charge on any atom is -0.497 e. The maximum atomic E-state index is 13.7. The molecule has 1 unspecified atom stereocenters. The zero-order valence-electron chi connectivity index (χ0n) is 10.7. The van der Waals surface area contributed by atoms with Crippen molar-refractivity contribution in [3.63, 3.8) is 0 Å². The molecule has 20 heavy (non-hydrogen) atoms. The van der Waals surface area contributed by atoms with E-state index in [9.17, 15) is 9.50 Å². The number of ether oxygens (including phenoxy) is 1. The van der Waals surface area contributed by atoms with Crippen molar-refractivity contribution < 1.29 is 14.2 Å². The summed E-state index contributed by atoms with van der Waals surface area (Å²) in [6.07, 6.45) is -0.716. The summed E-state index contributed by atoms with van der Waals surface area (Å²) in [5.41, 5.74) is 1.02. The molecule has 1 atom stereocenters. The fourth-order valence-electron chi connectivity index (χ4n) is 1.92. The van der Waals surface area contributed by atoms with E-state index in [0.717, 1.165) is 10.0 Å². The zero-order valence-corrected chi connectivity index (χ0v) is 13.1. The zero-order chi connectivity index (χ0) is 14.7. The standard InChI is InChI=1S/C15H13BrClFO2/c1-20-11-3-4-13(16)9(6-11)7-15(19)12-8-10(17)2-5-14(12)18/h2-6,8,15,19H,7H2,1H3. The monoisotopic (exact) mass is 358 g/mol. The van der Waals surface area contributed by atoms with Gasteiger partial charge in [0, 0.05) is 21.5 Å². The van der Waals surface area contributed by atoms with Crippen LogP contribution in [0.5, 0.6) is 5.75 Å². The molecule has 1 N–H and O–H groups in total. The quantitative estimate of drug-likeness (QED) is 0.869. The highest BCUT2D eigenvalue weighted by atomic mass is 79.9. The molecule has 0 amide bonds. The molecule has 0 saturated carbocycles. The highest BCUT2D eigenvalue weighted by Gasteiger charge is 2.16. The van der Waals surface area contributed by atoms with Gasteiger partial charge in [0.1, 0.15) is 11.6 Å². The van der Waals surface area contributed by atoms with Gasteiger partial charge in [-0.1, -0.05) is 27.5 Å². The highest BCUT2D eigenvalue weighted by Crippen LogP contribution is 2.29. The normalized spacial score (nSPS) is 12.2. The molecule has 0 aliphatic rings. The number of aliphatic hydroxyl groups excluding tert-OH is 1. The van der Waals surface area contributed by atoms with E-state index in [1.54, 1.807) is 19.2 Å². The Bertz CT molecular complexity index is 619. The van der Waals surface area contributed by atoms with Gasteiger partial charge < -0.3 is 9.84 Å². The predicted octanol–water partition coefficient (Wildman–Crippen LogP) is 4.53. The van der Waals surface area contributed by atoms with Crippen molar-refractivity contribution in [2.45, 2.75) is 12.5 Å². The Hall–Kier alpha value is -1.10. The van der Waals surface area contributed by atoms with Gasteiger partial charge in [-0.2, -0.15) is 0 Å². The first-order chi connectivity index (χ1) is 9.51. The third-order valence-corrected chi connectivity index (χ3v) is 3.99. The van der Waals surface area contributed by atoms with Crippen LogP contribution in [0.2, 0.25) is 5.02 Å². The van der Waals surface area contributed by atoms with E-state index < -0.39 is 11.9 Å². The van der Waals surface area contributed by atoms with Gasteiger partial charge in [-0.3, -0.25) is 0 Å². The number of hydrogen-bond donors (Lipinski definition) is 1. The molecule has 0 radical (unpaired) electrons. The third-order valence-electron chi connectivity index (χ3n) is 2.98. The van der Waals surface area contributed by atoms with Crippen molar-refractivity contribution in [2.75, 3.05) is 7.11 Å². The van der Waals surface area contributed by atoms with Crippen LogP contribution in [-0.4, -0.2) is 12.2 Å². The molecule has 0 bridgehead atoms. The topological polar surface area (TPSA) is 29.5 Å². The summed E-state index contributed by atoms with van der Waals surface area (Å²) in [5.74, 6) is 0.211. The first-order valence-corrected chi connectivity index (χ1v) is 7.14. The fraction of sp³-hybridized carbons (Fsp3) is 0.200. The molecule has 0 aliphatic heterocycles. The molecule has 0 fully saturated rings. The summed E-state index contributed by atoms with van der Waals surface area (Å²) in [6, 6.07) is 9.58. The third kappa shape index (κ3) is 3.51. The van der Waals surface area contributed by atoms with Crippen LogP contribution < -0.4 is 4.74 Å². The summed E-state index contributed by atoms with van der Waals surface area (Å²) in [6.45, 7) is 0. The molecular formula is C15H13BrClFO2. The molecule has 2 nitrogen and oxygen atoms in total. The lowest BCUT2D eigenvalue weighted by molar-refractivity contribution is 0.173. The van der Waals surface area contributed by atoms with Crippen LogP contribution in [0, 0.1) is 5.82 Å². The number of hydrogen-bond acceptors (Lipinski definition) is 2. The number of halogens is 3. The smallest absolute Gasteiger partial charge is 0.129 e. The summed E-state index contributed by atoms with van der Waals surface area (Å²) in [5, 5.41) is 10.6. The van der Waals surface area contributed by atoms with Gasteiger partial charge in [0.2, 0.25) is 0 Å². The molecule has 5 heteroatoms. The van der Waals surface area contributed by atoms with E-state index >= 15 is 0 Å². The first-order valence-electron chi connectivity index (χ1n) is 5.96. The van der Waals surface area contributed by atoms with E-state index in [1.807, 2.05) is 6.07 Å². The fourth-order valence-corrected chi connectivity index (χ4v) is 2.51. The van der Waals surface area contributed by atoms with Gasteiger partial charge in [0.15, 0.2) is 0 Å². The SMILES string of the molecule is COc1ccc(Br)c(CC(O)c2cc(Cl)ccc2F)c1. The Morgan fingerprint density at radius 1 is 1.30 bits per heavy atom. The van der Waals surface area contributed by atoms with Gasteiger partial charge in [-0.05, 0) is 42.0 Å². The van der Waals surface area contributed by atoms with Gasteiger partial charge >= 0.3 is 0 Å². The Labute approximate surface area is 130 Å². The summed E-state index contributed by atoms with van der Waals surface area (Å²) < 4.78 is 19.7. The van der Waals surface area contributed by atoms with E-state index in [1.165, 1.54) is 18.2 Å². The van der Waals surface area contributed by atoms with Crippen LogP contribution in [0.15, 0.2) is 40.9 Å². The summed E-state index contributed by atoms with van der Waals surface area (Å²) in [4.78, 5) is 0. The van der Waals surface area contributed by atoms with Gasteiger partial charge in [-0.15, -0.1) is 0 Å². The van der Waals surface area contributed by atoms with Crippen molar-refractivity contribution in [3.8, 4) is 5.75 Å². The van der Waals surface area contributed by atoms with E-state index in [2.05, 4.69) is 15.9 Å². The van der Waals surface area contributed by atoms with Crippen molar-refractivity contribution in [1.82, 2.24) is 0 Å². The van der Waals surface area contributed by atoms with E-state index in [-0.39, 0.29) is 12.0 Å². The molecular weight excluding hydrogens is 347 g/mol. The largest absolute Gasteiger partial charge is 0.497 e. The first kappa shape index (κ1) is 15.3. The molecule has 2 aromatic rings. The van der Waals surface area contributed by atoms with Crippen LogP contribution >= 0.6 is 27.5 Å². The number of methoxy groups -OCH3 is 1. The van der Waals surface area contributed by atoms with Gasteiger partial charge in [0.05, 0.1) is 13.2 Å². The average Bonchev–Trinajstić information content (AvgIpc) is 2.43. The molecule has 106 valence electrons. The molecule has 0 aliphatic carbocycles. The second-order valence-corrected chi connectivity index (χ2v) is 5.63. The Morgan fingerprint density at radius 3 is 2.75 bits per heavy atom. The highest BCUT2D eigenvalue weighted by molar-refractivity contribution is 9.10. The minimum absolute atomic E-state index is 0.187. The summed E-state index contributed by atoms with van der Waals surface area (Å²) in [7, 11) is 1.57. The maximum absolute atomic E-state index is 13.7. The maximum Gasteiger partial charge on any atom is 0.129 e. The van der Waals surface area contributed by atoms with Crippen molar-refractivity contribution >= 4 is 27.5 Å². The Balaban J connectivity index is 2.27. The number of aliphatic hydroxyl groups is 1. The Morgan fingerprint density at radius 2 is 2.05 bits per heavy atom. The van der Waals surface area contributed by atoms with E-state index in [0.29, 0.717) is 10.8 Å². The molecule has 0 spiro atoms. The van der Waals surface area contributed by atoms with Crippen molar-refractivity contribution in [3.05, 3.63) is 62.8 Å². The second-order valence-electron chi connectivity index (χ2n) is 4.34. The lowest BCUT2D eigenvalue weighted by atomic mass is 10.0. The van der Waals surface area contributed by atoms with Crippen LogP contribution in [0.4, 0.5) is 4.39 Å². The molecule has 0 saturated heterocycles. The van der Waals surface area contributed by atoms with Crippen molar-refractivity contribution in [1.29, 1.82) is 0 Å². The molecule has 0 heterocycles. The van der Waals surface area contributed by atoms with Crippen molar-refractivity contribution in [2.24, 2.45) is 0 Å². The van der Waals surface area contributed by atoms with Crippen LogP contribution in [-0.2, 0) is 6.42 Å².